The Hall–Kier alpha value is -3.80. The number of benzene rings is 3. The molecule has 3 rings (SSSR count). The van der Waals surface area contributed by atoms with Gasteiger partial charge in [0, 0.05) is 5.56 Å². The van der Waals surface area contributed by atoms with E-state index in [0.717, 1.165) is 5.56 Å². The van der Waals surface area contributed by atoms with Crippen LogP contribution >= 0.6 is 0 Å². The Morgan fingerprint density at radius 2 is 1.19 bits per heavy atom. The highest BCUT2D eigenvalue weighted by atomic mass is 16.6. The van der Waals surface area contributed by atoms with Gasteiger partial charge in [0.2, 0.25) is 0 Å². The van der Waals surface area contributed by atoms with Crippen molar-refractivity contribution < 1.29 is 19.1 Å². The zero-order valence-corrected chi connectivity index (χ0v) is 13.7. The van der Waals surface area contributed by atoms with Gasteiger partial charge in [-0.1, -0.05) is 60.7 Å². The molecule has 3 aromatic carbocycles. The normalized spacial score (nSPS) is 10.2. The van der Waals surface area contributed by atoms with Crippen LogP contribution in [0, 0.1) is 0 Å². The number of hydrogen-bond donors (Lipinski definition) is 2. The highest BCUT2D eigenvalue weighted by Crippen LogP contribution is 2.45. The fourth-order valence-corrected chi connectivity index (χ4v) is 2.69. The summed E-state index contributed by atoms with van der Waals surface area (Å²) in [6, 6.07) is 21.7. The van der Waals surface area contributed by atoms with Crippen molar-refractivity contribution in [1.29, 1.82) is 0 Å². The second-order valence-electron chi connectivity index (χ2n) is 5.39. The molecular weight excluding hydrogens is 332 g/mol. The highest BCUT2D eigenvalue weighted by molar-refractivity contribution is 5.90. The zero-order chi connectivity index (χ0) is 18.5. The van der Waals surface area contributed by atoms with Crippen molar-refractivity contribution in [3.8, 4) is 33.8 Å². The van der Waals surface area contributed by atoms with Crippen LogP contribution in [-0.4, -0.2) is 12.2 Å². The maximum Gasteiger partial charge on any atom is 0.410 e. The molecule has 0 aliphatic rings. The smallest absolute Gasteiger partial charge is 0.410 e. The third-order valence-electron chi connectivity index (χ3n) is 3.68. The number of primary amides is 2. The van der Waals surface area contributed by atoms with Gasteiger partial charge in [0.1, 0.15) is 5.75 Å². The number of amides is 2. The van der Waals surface area contributed by atoms with E-state index in [0.29, 0.717) is 16.7 Å². The largest absolute Gasteiger partial charge is 0.410 e. The van der Waals surface area contributed by atoms with Gasteiger partial charge in [-0.2, -0.15) is 0 Å². The van der Waals surface area contributed by atoms with Crippen molar-refractivity contribution in [3.05, 3.63) is 72.8 Å². The molecule has 26 heavy (non-hydrogen) atoms. The van der Waals surface area contributed by atoms with Crippen molar-refractivity contribution in [2.45, 2.75) is 0 Å². The van der Waals surface area contributed by atoms with Crippen molar-refractivity contribution in [2.75, 3.05) is 0 Å². The molecule has 6 heteroatoms. The molecule has 0 aliphatic heterocycles. The first-order chi connectivity index (χ1) is 12.6. The fourth-order valence-electron chi connectivity index (χ4n) is 2.69. The van der Waals surface area contributed by atoms with Gasteiger partial charge in [-0.25, -0.2) is 9.59 Å². The third-order valence-corrected chi connectivity index (χ3v) is 3.68. The molecule has 3 aromatic rings. The van der Waals surface area contributed by atoms with E-state index in [-0.39, 0.29) is 11.5 Å². The number of carbonyl (C=O) groups is 2. The summed E-state index contributed by atoms with van der Waals surface area (Å²) in [5.41, 5.74) is 13.0. The van der Waals surface area contributed by atoms with Crippen molar-refractivity contribution in [1.82, 2.24) is 0 Å². The Morgan fingerprint density at radius 1 is 0.654 bits per heavy atom. The first kappa shape index (κ1) is 17.0. The SMILES string of the molecule is NC(=O)Oc1ccc(-c2ccccc2)c(OC(N)=O)c1-c1ccccc1. The zero-order valence-electron chi connectivity index (χ0n) is 13.7. The molecule has 0 radical (unpaired) electrons. The minimum atomic E-state index is -0.976. The molecule has 0 bridgehead atoms. The maximum atomic E-state index is 11.5. The number of ether oxygens (including phenoxy) is 2. The molecule has 130 valence electrons. The van der Waals surface area contributed by atoms with Crippen molar-refractivity contribution in [3.63, 3.8) is 0 Å². The monoisotopic (exact) mass is 348 g/mol. The second kappa shape index (κ2) is 7.40. The van der Waals surface area contributed by atoms with E-state index in [2.05, 4.69) is 0 Å². The molecular formula is C20H16N2O4. The first-order valence-electron chi connectivity index (χ1n) is 7.78. The van der Waals surface area contributed by atoms with E-state index < -0.39 is 12.2 Å². The summed E-state index contributed by atoms with van der Waals surface area (Å²) in [4.78, 5) is 22.8. The Kier molecular flexibility index (Phi) is 4.85. The Morgan fingerprint density at radius 3 is 1.73 bits per heavy atom. The van der Waals surface area contributed by atoms with E-state index in [1.807, 2.05) is 48.5 Å². The van der Waals surface area contributed by atoms with Crippen LogP contribution in [0.25, 0.3) is 22.3 Å². The predicted molar refractivity (Wildman–Crippen MR) is 97.7 cm³/mol. The summed E-state index contributed by atoms with van der Waals surface area (Å²) in [5, 5.41) is 0. The summed E-state index contributed by atoms with van der Waals surface area (Å²) < 4.78 is 10.4. The Bertz CT molecular complexity index is 941. The van der Waals surface area contributed by atoms with Gasteiger partial charge in [0.05, 0.1) is 5.56 Å². The van der Waals surface area contributed by atoms with Crippen molar-refractivity contribution in [2.24, 2.45) is 11.5 Å². The van der Waals surface area contributed by atoms with Crippen LogP contribution in [0.5, 0.6) is 11.5 Å². The lowest BCUT2D eigenvalue weighted by molar-refractivity contribution is 0.210. The Labute approximate surface area is 150 Å². The molecule has 0 unspecified atom stereocenters. The molecule has 0 atom stereocenters. The molecule has 0 aliphatic carbocycles. The van der Waals surface area contributed by atoms with Crippen LogP contribution < -0.4 is 20.9 Å². The molecule has 2 amide bonds. The van der Waals surface area contributed by atoms with E-state index in [9.17, 15) is 9.59 Å². The Balaban J connectivity index is 2.31. The molecule has 0 saturated heterocycles. The molecule has 0 fully saturated rings. The molecule has 0 aromatic heterocycles. The molecule has 0 spiro atoms. The van der Waals surface area contributed by atoms with Crippen LogP contribution in [0.1, 0.15) is 0 Å². The molecule has 6 nitrogen and oxygen atoms in total. The first-order valence-corrected chi connectivity index (χ1v) is 7.78. The van der Waals surface area contributed by atoms with Crippen LogP contribution in [0.15, 0.2) is 72.8 Å². The summed E-state index contributed by atoms with van der Waals surface area (Å²) >= 11 is 0. The highest BCUT2D eigenvalue weighted by Gasteiger charge is 2.21. The maximum absolute atomic E-state index is 11.5. The van der Waals surface area contributed by atoms with Gasteiger partial charge < -0.3 is 20.9 Å². The standard InChI is InChI=1S/C20H16N2O4/c21-19(23)25-16-12-11-15(13-7-3-1-4-8-13)18(26-20(22)24)17(16)14-9-5-2-6-10-14/h1-12H,(H2,21,23)(H2,22,24). The minimum Gasteiger partial charge on any atom is -0.410 e. The van der Waals surface area contributed by atoms with E-state index in [1.165, 1.54) is 0 Å². The predicted octanol–water partition coefficient (Wildman–Crippen LogP) is 3.94. The lowest BCUT2D eigenvalue weighted by atomic mass is 9.96. The molecule has 4 N–H and O–H groups in total. The van der Waals surface area contributed by atoms with Crippen LogP contribution in [0.3, 0.4) is 0 Å². The third kappa shape index (κ3) is 3.64. The summed E-state index contributed by atoms with van der Waals surface area (Å²) in [6.07, 6.45) is -1.95. The second-order valence-corrected chi connectivity index (χ2v) is 5.39. The average Bonchev–Trinajstić information content (AvgIpc) is 2.62. The summed E-state index contributed by atoms with van der Waals surface area (Å²) in [7, 11) is 0. The van der Waals surface area contributed by atoms with Crippen LogP contribution in [0.4, 0.5) is 9.59 Å². The summed E-state index contributed by atoms with van der Waals surface area (Å²) in [6.45, 7) is 0. The lowest BCUT2D eigenvalue weighted by Crippen LogP contribution is -2.19. The van der Waals surface area contributed by atoms with Crippen LogP contribution in [-0.2, 0) is 0 Å². The lowest BCUT2D eigenvalue weighted by Gasteiger charge is -2.17. The van der Waals surface area contributed by atoms with E-state index in [4.69, 9.17) is 20.9 Å². The number of rotatable bonds is 4. The fraction of sp³-hybridized carbons (Fsp3) is 0. The topological polar surface area (TPSA) is 105 Å². The molecule has 0 saturated carbocycles. The quantitative estimate of drug-likeness (QED) is 0.745. The minimum absolute atomic E-state index is 0.166. The number of carbonyl (C=O) groups excluding carboxylic acids is 2. The number of nitrogens with two attached hydrogens (primary N) is 2. The van der Waals surface area contributed by atoms with E-state index in [1.54, 1.807) is 24.3 Å². The van der Waals surface area contributed by atoms with Gasteiger partial charge in [0.15, 0.2) is 5.75 Å². The van der Waals surface area contributed by atoms with Crippen molar-refractivity contribution >= 4 is 12.2 Å². The summed E-state index contributed by atoms with van der Waals surface area (Å²) in [5.74, 6) is 0.355. The number of hydrogen-bond acceptors (Lipinski definition) is 4. The van der Waals surface area contributed by atoms with Gasteiger partial charge in [0.25, 0.3) is 0 Å². The van der Waals surface area contributed by atoms with Gasteiger partial charge >= 0.3 is 12.2 Å². The van der Waals surface area contributed by atoms with Crippen LogP contribution in [0.2, 0.25) is 0 Å². The molecule has 0 heterocycles. The van der Waals surface area contributed by atoms with E-state index >= 15 is 0 Å². The average molecular weight is 348 g/mol. The van der Waals surface area contributed by atoms with Gasteiger partial charge in [-0.15, -0.1) is 0 Å². The van der Waals surface area contributed by atoms with Gasteiger partial charge in [-0.05, 0) is 23.3 Å². The van der Waals surface area contributed by atoms with Gasteiger partial charge in [-0.3, -0.25) is 0 Å².